The van der Waals surface area contributed by atoms with E-state index in [4.69, 9.17) is 0 Å². The van der Waals surface area contributed by atoms with Gasteiger partial charge in [-0.15, -0.1) is 11.3 Å². The first-order valence-corrected chi connectivity index (χ1v) is 9.75. The Bertz CT molecular complexity index is 988. The molecule has 0 atom stereocenters. The van der Waals surface area contributed by atoms with Gasteiger partial charge in [-0.3, -0.25) is 9.59 Å². The Hall–Kier alpha value is -3.13. The summed E-state index contributed by atoms with van der Waals surface area (Å²) in [5.41, 5.74) is 1.84. The van der Waals surface area contributed by atoms with Gasteiger partial charge in [-0.1, -0.05) is 24.3 Å². The van der Waals surface area contributed by atoms with Crippen molar-refractivity contribution in [2.75, 3.05) is 0 Å². The molecule has 2 aromatic carbocycles. The minimum atomic E-state index is -0.343. The van der Waals surface area contributed by atoms with Gasteiger partial charge in [-0.05, 0) is 35.4 Å². The van der Waals surface area contributed by atoms with Crippen LogP contribution in [0.4, 0.5) is 8.78 Å². The van der Waals surface area contributed by atoms with Crippen molar-refractivity contribution in [2.45, 2.75) is 26.6 Å². The fourth-order valence-electron chi connectivity index (χ4n) is 2.61. The average molecular weight is 415 g/mol. The summed E-state index contributed by atoms with van der Waals surface area (Å²) < 4.78 is 26.0. The van der Waals surface area contributed by atoms with E-state index in [1.807, 2.05) is 0 Å². The molecule has 0 fully saturated rings. The van der Waals surface area contributed by atoms with Gasteiger partial charge in [0.1, 0.15) is 22.3 Å². The molecule has 0 bridgehead atoms. The normalized spacial score (nSPS) is 10.6. The van der Waals surface area contributed by atoms with Crippen LogP contribution in [0.25, 0.3) is 0 Å². The van der Waals surface area contributed by atoms with E-state index in [0.717, 1.165) is 11.1 Å². The Labute approximate surface area is 171 Å². The molecule has 0 spiro atoms. The van der Waals surface area contributed by atoms with Crippen molar-refractivity contribution in [3.05, 3.63) is 87.4 Å². The van der Waals surface area contributed by atoms with Crippen LogP contribution in [-0.4, -0.2) is 21.7 Å². The van der Waals surface area contributed by atoms with Crippen LogP contribution in [0.5, 0.6) is 0 Å². The van der Waals surface area contributed by atoms with E-state index in [2.05, 4.69) is 10.3 Å². The van der Waals surface area contributed by atoms with Gasteiger partial charge in [-0.25, -0.2) is 13.8 Å². The van der Waals surface area contributed by atoms with E-state index < -0.39 is 0 Å². The first-order chi connectivity index (χ1) is 13.9. The molecule has 5 nitrogen and oxygen atoms in total. The number of thiazole rings is 1. The zero-order valence-corrected chi connectivity index (χ0v) is 16.5. The summed E-state index contributed by atoms with van der Waals surface area (Å²) in [5, 5.41) is 4.99. The van der Waals surface area contributed by atoms with Gasteiger partial charge >= 0.3 is 0 Å². The van der Waals surface area contributed by atoms with Gasteiger partial charge in [0.05, 0.1) is 6.54 Å². The van der Waals surface area contributed by atoms with Gasteiger partial charge in [0.25, 0.3) is 5.91 Å². The zero-order valence-electron chi connectivity index (χ0n) is 15.7. The number of carbonyl (C=O) groups excluding carboxylic acids is 2. The van der Waals surface area contributed by atoms with Crippen molar-refractivity contribution in [3.8, 4) is 0 Å². The van der Waals surface area contributed by atoms with Crippen molar-refractivity contribution in [1.82, 2.24) is 15.2 Å². The highest BCUT2D eigenvalue weighted by molar-refractivity contribution is 7.09. The van der Waals surface area contributed by atoms with Gasteiger partial charge in [0, 0.05) is 25.4 Å². The van der Waals surface area contributed by atoms with E-state index >= 15 is 0 Å². The van der Waals surface area contributed by atoms with Crippen LogP contribution in [0.15, 0.2) is 53.9 Å². The number of hydrogen-bond acceptors (Lipinski definition) is 4. The summed E-state index contributed by atoms with van der Waals surface area (Å²) in [6.45, 7) is 2.29. The van der Waals surface area contributed by atoms with Crippen LogP contribution < -0.4 is 5.32 Å². The molecular weight excluding hydrogens is 396 g/mol. The van der Waals surface area contributed by atoms with Crippen molar-refractivity contribution in [1.29, 1.82) is 0 Å². The van der Waals surface area contributed by atoms with Crippen molar-refractivity contribution in [2.24, 2.45) is 0 Å². The fourth-order valence-corrected chi connectivity index (χ4v) is 3.40. The highest BCUT2D eigenvalue weighted by Gasteiger charge is 2.15. The number of nitrogens with zero attached hydrogens (tertiary/aromatic N) is 2. The molecule has 0 radical (unpaired) electrons. The van der Waals surface area contributed by atoms with Crippen LogP contribution >= 0.6 is 11.3 Å². The third-order valence-electron chi connectivity index (χ3n) is 4.21. The maximum absolute atomic E-state index is 13.1. The van der Waals surface area contributed by atoms with Gasteiger partial charge < -0.3 is 10.2 Å². The van der Waals surface area contributed by atoms with Crippen molar-refractivity contribution < 1.29 is 18.4 Å². The largest absolute Gasteiger partial charge is 0.347 e. The molecule has 0 aliphatic heterocycles. The maximum Gasteiger partial charge on any atom is 0.271 e. The fraction of sp³-hybridized carbons (Fsp3) is 0.190. The molecule has 2 amide bonds. The summed E-state index contributed by atoms with van der Waals surface area (Å²) >= 11 is 1.28. The lowest BCUT2D eigenvalue weighted by molar-refractivity contribution is -0.130. The van der Waals surface area contributed by atoms with E-state index in [1.54, 1.807) is 34.5 Å². The Morgan fingerprint density at radius 1 is 0.966 bits per heavy atom. The number of amides is 2. The zero-order chi connectivity index (χ0) is 20.8. The first kappa shape index (κ1) is 20.6. The maximum atomic E-state index is 13.1. The molecule has 1 heterocycles. The predicted octanol–water partition coefficient (Wildman–Crippen LogP) is 3.90. The number of rotatable bonds is 7. The highest BCUT2D eigenvalue weighted by Crippen LogP contribution is 2.15. The smallest absolute Gasteiger partial charge is 0.271 e. The molecule has 29 heavy (non-hydrogen) atoms. The summed E-state index contributed by atoms with van der Waals surface area (Å²) in [4.78, 5) is 30.1. The Morgan fingerprint density at radius 2 is 1.55 bits per heavy atom. The number of carbonyl (C=O) groups is 2. The second-order valence-corrected chi connectivity index (χ2v) is 7.38. The molecule has 0 aliphatic carbocycles. The first-order valence-electron chi connectivity index (χ1n) is 8.87. The Morgan fingerprint density at radius 3 is 2.14 bits per heavy atom. The van der Waals surface area contributed by atoms with E-state index in [1.165, 1.54) is 42.5 Å². The second-order valence-electron chi connectivity index (χ2n) is 6.44. The van der Waals surface area contributed by atoms with E-state index in [9.17, 15) is 18.4 Å². The molecule has 0 saturated heterocycles. The quantitative estimate of drug-likeness (QED) is 0.637. The molecule has 0 unspecified atom stereocenters. The van der Waals surface area contributed by atoms with Crippen LogP contribution in [0.2, 0.25) is 0 Å². The van der Waals surface area contributed by atoms with Crippen molar-refractivity contribution in [3.63, 3.8) is 0 Å². The number of hydrogen-bond donors (Lipinski definition) is 1. The molecule has 1 aromatic heterocycles. The monoisotopic (exact) mass is 415 g/mol. The number of halogens is 2. The third-order valence-corrected chi connectivity index (χ3v) is 5.04. The Balaban J connectivity index is 1.59. The SMILES string of the molecule is CC(=O)N(Cc1ccc(F)cc1)Cc1nc(C(=O)NCc2ccc(F)cc2)cs1. The Kier molecular flexibility index (Phi) is 6.66. The van der Waals surface area contributed by atoms with Crippen LogP contribution in [-0.2, 0) is 24.4 Å². The van der Waals surface area contributed by atoms with Gasteiger partial charge in [0.2, 0.25) is 5.91 Å². The average Bonchev–Trinajstić information content (AvgIpc) is 3.17. The minimum Gasteiger partial charge on any atom is -0.347 e. The van der Waals surface area contributed by atoms with Crippen LogP contribution in [0.3, 0.4) is 0 Å². The van der Waals surface area contributed by atoms with E-state index in [0.29, 0.717) is 11.6 Å². The molecular formula is C21H19F2N3O2S. The summed E-state index contributed by atoms with van der Waals surface area (Å²) in [6.07, 6.45) is 0. The molecule has 150 valence electrons. The molecule has 8 heteroatoms. The lowest BCUT2D eigenvalue weighted by atomic mass is 10.2. The standard InChI is InChI=1S/C21H19F2N3O2S/c1-14(27)26(11-16-4-8-18(23)9-5-16)12-20-25-19(13-29-20)21(28)24-10-15-2-6-17(22)7-3-15/h2-9,13H,10-12H2,1H3,(H,24,28). The van der Waals surface area contributed by atoms with Crippen molar-refractivity contribution >= 4 is 23.2 Å². The second kappa shape index (κ2) is 9.38. The molecule has 1 N–H and O–H groups in total. The van der Waals surface area contributed by atoms with Crippen LogP contribution in [0.1, 0.15) is 33.5 Å². The topological polar surface area (TPSA) is 62.3 Å². The number of benzene rings is 2. The molecule has 3 rings (SSSR count). The minimum absolute atomic E-state index is 0.146. The van der Waals surface area contributed by atoms with Crippen LogP contribution in [0, 0.1) is 11.6 Å². The summed E-state index contributed by atoms with van der Waals surface area (Å²) in [5.74, 6) is -1.16. The molecule has 3 aromatic rings. The lowest BCUT2D eigenvalue weighted by Gasteiger charge is -2.19. The lowest BCUT2D eigenvalue weighted by Crippen LogP contribution is -2.28. The van der Waals surface area contributed by atoms with Gasteiger partial charge in [0.15, 0.2) is 0 Å². The third kappa shape index (κ3) is 5.92. The number of nitrogens with one attached hydrogen (secondary N) is 1. The van der Waals surface area contributed by atoms with Gasteiger partial charge in [-0.2, -0.15) is 0 Å². The highest BCUT2D eigenvalue weighted by atomic mass is 32.1. The summed E-state index contributed by atoms with van der Waals surface area (Å²) in [7, 11) is 0. The predicted molar refractivity (Wildman–Crippen MR) is 106 cm³/mol. The summed E-state index contributed by atoms with van der Waals surface area (Å²) in [6, 6.07) is 11.8. The number of aromatic nitrogens is 1. The molecule has 0 saturated carbocycles. The molecule has 0 aliphatic rings. The van der Waals surface area contributed by atoms with E-state index in [-0.39, 0.29) is 42.2 Å².